The Morgan fingerprint density at radius 3 is 2.25 bits per heavy atom. The lowest BCUT2D eigenvalue weighted by atomic mass is 10.1. The van der Waals surface area contributed by atoms with E-state index in [0.29, 0.717) is 17.2 Å². The summed E-state index contributed by atoms with van der Waals surface area (Å²) in [7, 11) is 6.76. The van der Waals surface area contributed by atoms with Crippen LogP contribution >= 0.6 is 35.3 Å². The predicted octanol–water partition coefficient (Wildman–Crippen LogP) is 3.03. The van der Waals surface area contributed by atoms with E-state index in [0.717, 1.165) is 67.9 Å². The minimum atomic E-state index is 0. The first-order valence-corrected chi connectivity index (χ1v) is 11.3. The van der Waals surface area contributed by atoms with Gasteiger partial charge in [0.05, 0.1) is 32.0 Å². The molecule has 0 bridgehead atoms. The van der Waals surface area contributed by atoms with Crippen LogP contribution in [0.5, 0.6) is 17.2 Å². The molecule has 0 radical (unpaired) electrons. The summed E-state index contributed by atoms with van der Waals surface area (Å²) in [5.74, 6) is 2.96. The van der Waals surface area contributed by atoms with E-state index in [1.54, 1.807) is 32.7 Å². The van der Waals surface area contributed by atoms with Crippen molar-refractivity contribution in [3.63, 3.8) is 0 Å². The second-order valence-corrected chi connectivity index (χ2v) is 8.44. The van der Waals surface area contributed by atoms with Gasteiger partial charge in [0.25, 0.3) is 0 Å². The standard InChI is InChI=1S/C22H33N5O3S.HI/c1-16-25-18(15-31-16)6-7-24-22(23-2)27-10-8-26(9-11-27)14-17-12-19(28-3)21(30-5)20(13-17)29-4;/h12-13,15H,6-11,14H2,1-5H3,(H,23,24);1H. The van der Waals surface area contributed by atoms with Crippen molar-refractivity contribution in [1.29, 1.82) is 0 Å². The number of aliphatic imine (C=N–C) groups is 1. The number of aryl methyl sites for hydroxylation is 1. The fraction of sp³-hybridized carbons (Fsp3) is 0.545. The highest BCUT2D eigenvalue weighted by Gasteiger charge is 2.21. The monoisotopic (exact) mass is 575 g/mol. The van der Waals surface area contributed by atoms with E-state index in [9.17, 15) is 0 Å². The van der Waals surface area contributed by atoms with Gasteiger partial charge in [-0.1, -0.05) is 0 Å². The number of methoxy groups -OCH3 is 3. The number of halogens is 1. The number of hydrogen-bond donors (Lipinski definition) is 1. The van der Waals surface area contributed by atoms with Gasteiger partial charge < -0.3 is 24.4 Å². The van der Waals surface area contributed by atoms with Crippen LogP contribution in [0.1, 0.15) is 16.3 Å². The molecular formula is C22H34IN5O3S. The van der Waals surface area contributed by atoms with E-state index in [-0.39, 0.29) is 24.0 Å². The lowest BCUT2D eigenvalue weighted by Crippen LogP contribution is -2.52. The van der Waals surface area contributed by atoms with Crippen LogP contribution in [0.2, 0.25) is 0 Å². The molecule has 1 aliphatic heterocycles. The average Bonchev–Trinajstić information content (AvgIpc) is 3.21. The number of nitrogens with zero attached hydrogens (tertiary/aromatic N) is 4. The maximum absolute atomic E-state index is 5.48. The third-order valence-electron chi connectivity index (χ3n) is 5.35. The van der Waals surface area contributed by atoms with Crippen LogP contribution < -0.4 is 19.5 Å². The van der Waals surface area contributed by atoms with Crippen molar-refractivity contribution >= 4 is 41.3 Å². The summed E-state index contributed by atoms with van der Waals surface area (Å²) in [6, 6.07) is 4.04. The predicted molar refractivity (Wildman–Crippen MR) is 140 cm³/mol. The van der Waals surface area contributed by atoms with Crippen molar-refractivity contribution in [3.8, 4) is 17.2 Å². The SMILES string of the molecule is CN=C(NCCc1csc(C)n1)N1CCN(Cc2cc(OC)c(OC)c(OC)c2)CC1.I. The number of aromatic nitrogens is 1. The number of nitrogens with one attached hydrogen (secondary N) is 1. The van der Waals surface area contributed by atoms with Gasteiger partial charge in [-0.25, -0.2) is 4.98 Å². The summed E-state index contributed by atoms with van der Waals surface area (Å²) in [5.41, 5.74) is 2.28. The number of rotatable bonds is 8. The lowest BCUT2D eigenvalue weighted by molar-refractivity contribution is 0.172. The maximum atomic E-state index is 5.48. The Labute approximate surface area is 212 Å². The van der Waals surface area contributed by atoms with Crippen LogP contribution in [0.4, 0.5) is 0 Å². The van der Waals surface area contributed by atoms with Gasteiger partial charge in [-0.05, 0) is 24.6 Å². The van der Waals surface area contributed by atoms with Crippen molar-refractivity contribution in [2.75, 3.05) is 61.1 Å². The molecule has 1 aliphatic rings. The van der Waals surface area contributed by atoms with Gasteiger partial charge in [0.2, 0.25) is 5.75 Å². The first-order chi connectivity index (χ1) is 15.1. The molecule has 2 aromatic rings. The smallest absolute Gasteiger partial charge is 0.203 e. The van der Waals surface area contributed by atoms with E-state index >= 15 is 0 Å². The summed E-state index contributed by atoms with van der Waals surface area (Å²) in [5, 5.41) is 6.72. The Kier molecular flexibility index (Phi) is 10.8. The fourth-order valence-electron chi connectivity index (χ4n) is 3.76. The van der Waals surface area contributed by atoms with E-state index in [1.807, 2.05) is 26.1 Å². The Bertz CT molecular complexity index is 859. The normalized spacial score (nSPS) is 14.7. The molecule has 0 atom stereocenters. The summed E-state index contributed by atoms with van der Waals surface area (Å²) in [6.45, 7) is 7.49. The third-order valence-corrected chi connectivity index (χ3v) is 6.17. The molecule has 0 aliphatic carbocycles. The zero-order chi connectivity index (χ0) is 22.2. The van der Waals surface area contributed by atoms with E-state index in [1.165, 1.54) is 0 Å². The largest absolute Gasteiger partial charge is 0.493 e. The topological polar surface area (TPSA) is 71.5 Å². The molecule has 0 spiro atoms. The van der Waals surface area contributed by atoms with Crippen LogP contribution in [0, 0.1) is 6.92 Å². The Morgan fingerprint density at radius 1 is 1.09 bits per heavy atom. The molecule has 1 N–H and O–H groups in total. The zero-order valence-corrected chi connectivity index (χ0v) is 22.7. The highest BCUT2D eigenvalue weighted by Crippen LogP contribution is 2.38. The minimum absolute atomic E-state index is 0. The van der Waals surface area contributed by atoms with Crippen LogP contribution in [0.3, 0.4) is 0 Å². The number of ether oxygens (including phenoxy) is 3. The second kappa shape index (κ2) is 13.0. The first kappa shape index (κ1) is 26.5. The molecule has 0 amide bonds. The molecule has 1 saturated heterocycles. The molecule has 1 aromatic heterocycles. The van der Waals surface area contributed by atoms with Crippen molar-refractivity contribution in [1.82, 2.24) is 20.1 Å². The Hall–Kier alpha value is -1.79. The van der Waals surface area contributed by atoms with Crippen molar-refractivity contribution in [2.45, 2.75) is 19.9 Å². The number of benzene rings is 1. The van der Waals surface area contributed by atoms with Crippen molar-refractivity contribution in [2.24, 2.45) is 4.99 Å². The molecule has 2 heterocycles. The summed E-state index contributed by atoms with van der Waals surface area (Å²) in [6.07, 6.45) is 0.907. The van der Waals surface area contributed by atoms with Crippen LogP contribution in [0.25, 0.3) is 0 Å². The average molecular weight is 576 g/mol. The quantitative estimate of drug-likeness (QED) is 0.295. The van der Waals surface area contributed by atoms with Gasteiger partial charge in [0.15, 0.2) is 17.5 Å². The van der Waals surface area contributed by atoms with Gasteiger partial charge in [-0.15, -0.1) is 35.3 Å². The summed E-state index contributed by atoms with van der Waals surface area (Å²) < 4.78 is 16.4. The van der Waals surface area contributed by atoms with Gasteiger partial charge in [-0.2, -0.15) is 0 Å². The van der Waals surface area contributed by atoms with Crippen LogP contribution in [-0.4, -0.2) is 81.8 Å². The molecule has 8 nitrogen and oxygen atoms in total. The van der Waals surface area contributed by atoms with E-state index in [4.69, 9.17) is 14.2 Å². The Balaban J connectivity index is 0.00000363. The maximum Gasteiger partial charge on any atom is 0.203 e. The molecule has 10 heteroatoms. The van der Waals surface area contributed by atoms with Crippen molar-refractivity contribution in [3.05, 3.63) is 33.8 Å². The highest BCUT2D eigenvalue weighted by molar-refractivity contribution is 14.0. The third kappa shape index (κ3) is 6.85. The highest BCUT2D eigenvalue weighted by atomic mass is 127. The molecule has 1 aromatic carbocycles. The lowest BCUT2D eigenvalue weighted by Gasteiger charge is -2.36. The number of thiazole rings is 1. The van der Waals surface area contributed by atoms with Crippen molar-refractivity contribution < 1.29 is 14.2 Å². The van der Waals surface area contributed by atoms with Gasteiger partial charge >= 0.3 is 0 Å². The molecule has 0 saturated carbocycles. The fourth-order valence-corrected chi connectivity index (χ4v) is 4.41. The van der Waals surface area contributed by atoms with E-state index in [2.05, 4.69) is 30.5 Å². The van der Waals surface area contributed by atoms with Crippen LogP contribution in [0.15, 0.2) is 22.5 Å². The molecule has 1 fully saturated rings. The molecule has 32 heavy (non-hydrogen) atoms. The van der Waals surface area contributed by atoms with Crippen LogP contribution in [-0.2, 0) is 13.0 Å². The molecule has 0 unspecified atom stereocenters. The zero-order valence-electron chi connectivity index (χ0n) is 19.5. The van der Waals surface area contributed by atoms with E-state index < -0.39 is 0 Å². The first-order valence-electron chi connectivity index (χ1n) is 10.5. The minimum Gasteiger partial charge on any atom is -0.493 e. The van der Waals surface area contributed by atoms with Gasteiger partial charge in [0.1, 0.15) is 0 Å². The number of piperazine rings is 1. The van der Waals surface area contributed by atoms with Gasteiger partial charge in [0, 0.05) is 58.1 Å². The summed E-state index contributed by atoms with van der Waals surface area (Å²) in [4.78, 5) is 13.7. The number of guanidine groups is 1. The second-order valence-electron chi connectivity index (χ2n) is 7.38. The van der Waals surface area contributed by atoms with Gasteiger partial charge in [-0.3, -0.25) is 9.89 Å². The Morgan fingerprint density at radius 2 is 1.75 bits per heavy atom. The summed E-state index contributed by atoms with van der Waals surface area (Å²) >= 11 is 1.70. The molecule has 178 valence electrons. The number of hydrogen-bond acceptors (Lipinski definition) is 7. The molecular weight excluding hydrogens is 541 g/mol. The molecule has 3 rings (SSSR count).